The Labute approximate surface area is 242 Å². The minimum absolute atomic E-state index is 0.301. The van der Waals surface area contributed by atoms with Crippen molar-refractivity contribution in [2.24, 2.45) is 0 Å². The Hall–Kier alpha value is -0.500. The Morgan fingerprint density at radius 2 is 1.08 bits per heavy atom. The Kier molecular flexibility index (Phi) is 26.1. The maximum atomic E-state index is 10.3. The standard InChI is InChI=1S/C33H67NO5/c1-7-11-12-13-14-15-16-17-18-19-20-21-22-23-24-32(37-25-8-2)33(38-26-9-3,39-27-10-4)34(28-30(5)35)29-31(6)36/h17-18,30-32,35-36H,7-16,19-29H2,1-6H3/b18-17-. The molecule has 0 saturated carbocycles. The zero-order valence-corrected chi connectivity index (χ0v) is 26.8. The van der Waals surface area contributed by atoms with Crippen molar-refractivity contribution in [2.45, 2.75) is 168 Å². The van der Waals surface area contributed by atoms with Crippen LogP contribution in [0.25, 0.3) is 0 Å². The summed E-state index contributed by atoms with van der Waals surface area (Å²) in [6.07, 6.45) is 21.8. The first kappa shape index (κ1) is 38.5. The molecule has 0 aliphatic carbocycles. The van der Waals surface area contributed by atoms with E-state index in [1.807, 2.05) is 4.90 Å². The molecule has 0 aromatic carbocycles. The van der Waals surface area contributed by atoms with E-state index in [-0.39, 0.29) is 6.10 Å². The summed E-state index contributed by atoms with van der Waals surface area (Å²) in [6, 6.07) is 0. The Morgan fingerprint density at radius 1 is 0.615 bits per heavy atom. The van der Waals surface area contributed by atoms with Gasteiger partial charge in [-0.25, -0.2) is 4.90 Å². The lowest BCUT2D eigenvalue weighted by Crippen LogP contribution is -2.64. The van der Waals surface area contributed by atoms with E-state index in [9.17, 15) is 10.2 Å². The van der Waals surface area contributed by atoms with Gasteiger partial charge in [-0.3, -0.25) is 0 Å². The highest BCUT2D eigenvalue weighted by molar-refractivity contribution is 4.86. The number of aliphatic hydroxyl groups is 2. The highest BCUT2D eigenvalue weighted by Gasteiger charge is 2.48. The quantitative estimate of drug-likeness (QED) is 0.0551. The van der Waals surface area contributed by atoms with Gasteiger partial charge in [0.1, 0.15) is 6.10 Å². The van der Waals surface area contributed by atoms with Crippen LogP contribution in [-0.2, 0) is 14.2 Å². The van der Waals surface area contributed by atoms with Crippen LogP contribution in [0.2, 0.25) is 0 Å². The summed E-state index contributed by atoms with van der Waals surface area (Å²) < 4.78 is 19.5. The zero-order chi connectivity index (χ0) is 29.2. The SMILES string of the molecule is CCCCCCCC/C=C\CCCCCCC(OCCC)C(OCCC)(OCCC)N(CC(C)O)CC(C)O. The fraction of sp³-hybridized carbons (Fsp3) is 0.939. The van der Waals surface area contributed by atoms with E-state index >= 15 is 0 Å². The molecule has 3 unspecified atom stereocenters. The summed E-state index contributed by atoms with van der Waals surface area (Å²) >= 11 is 0. The van der Waals surface area contributed by atoms with Crippen molar-refractivity contribution in [3.8, 4) is 0 Å². The largest absolute Gasteiger partial charge is 0.392 e. The molecule has 0 spiro atoms. The van der Waals surface area contributed by atoms with E-state index in [4.69, 9.17) is 14.2 Å². The fourth-order valence-corrected chi connectivity index (χ4v) is 4.93. The van der Waals surface area contributed by atoms with Gasteiger partial charge >= 0.3 is 0 Å². The molecule has 0 rings (SSSR count). The smallest absolute Gasteiger partial charge is 0.257 e. The molecule has 0 aromatic rings. The Morgan fingerprint density at radius 3 is 1.54 bits per heavy atom. The Bertz CT molecular complexity index is 522. The highest BCUT2D eigenvalue weighted by atomic mass is 16.7. The van der Waals surface area contributed by atoms with Gasteiger partial charge in [-0.05, 0) is 65.2 Å². The van der Waals surface area contributed by atoms with Gasteiger partial charge < -0.3 is 24.4 Å². The molecule has 0 saturated heterocycles. The first-order chi connectivity index (χ1) is 18.9. The van der Waals surface area contributed by atoms with Gasteiger partial charge in [0.15, 0.2) is 0 Å². The maximum Gasteiger partial charge on any atom is 0.257 e. The summed E-state index contributed by atoms with van der Waals surface area (Å²) in [7, 11) is 0. The van der Waals surface area contributed by atoms with Crippen molar-refractivity contribution in [1.82, 2.24) is 4.90 Å². The van der Waals surface area contributed by atoms with Gasteiger partial charge in [0.05, 0.1) is 25.4 Å². The maximum absolute atomic E-state index is 10.3. The average Bonchev–Trinajstić information content (AvgIpc) is 2.90. The molecule has 2 N–H and O–H groups in total. The van der Waals surface area contributed by atoms with Crippen LogP contribution in [0.5, 0.6) is 0 Å². The predicted molar refractivity (Wildman–Crippen MR) is 165 cm³/mol. The molecule has 0 aliphatic heterocycles. The molecule has 6 nitrogen and oxygen atoms in total. The number of rotatable bonds is 29. The van der Waals surface area contributed by atoms with Crippen LogP contribution in [0.3, 0.4) is 0 Å². The van der Waals surface area contributed by atoms with Gasteiger partial charge in [0.25, 0.3) is 5.91 Å². The van der Waals surface area contributed by atoms with E-state index in [2.05, 4.69) is 39.8 Å². The average molecular weight is 558 g/mol. The number of aliphatic hydroxyl groups excluding tert-OH is 2. The third kappa shape index (κ3) is 19.3. The van der Waals surface area contributed by atoms with Crippen LogP contribution in [0.1, 0.15) is 144 Å². The molecule has 0 aliphatic rings. The number of nitrogens with zero attached hydrogens (tertiary/aromatic N) is 1. The molecule has 6 heteroatoms. The minimum atomic E-state index is -1.13. The molecule has 0 aromatic heterocycles. The molecule has 0 bridgehead atoms. The van der Waals surface area contributed by atoms with E-state index in [1.54, 1.807) is 13.8 Å². The van der Waals surface area contributed by atoms with Crippen LogP contribution in [0.15, 0.2) is 12.2 Å². The summed E-state index contributed by atoms with van der Waals surface area (Å²) in [6.45, 7) is 14.4. The fourth-order valence-electron chi connectivity index (χ4n) is 4.93. The van der Waals surface area contributed by atoms with Gasteiger partial charge in [0.2, 0.25) is 0 Å². The van der Waals surface area contributed by atoms with Crippen molar-refractivity contribution in [3.05, 3.63) is 12.2 Å². The van der Waals surface area contributed by atoms with Crippen LogP contribution in [0, 0.1) is 0 Å². The van der Waals surface area contributed by atoms with E-state index in [0.717, 1.165) is 44.9 Å². The molecule has 234 valence electrons. The van der Waals surface area contributed by atoms with E-state index in [0.29, 0.717) is 32.9 Å². The first-order valence-corrected chi connectivity index (χ1v) is 16.5. The van der Waals surface area contributed by atoms with Gasteiger partial charge in [-0.2, -0.15) is 0 Å². The van der Waals surface area contributed by atoms with Gasteiger partial charge in [-0.15, -0.1) is 0 Å². The van der Waals surface area contributed by atoms with Crippen molar-refractivity contribution >= 4 is 0 Å². The lowest BCUT2D eigenvalue weighted by atomic mass is 10.0. The number of unbranched alkanes of at least 4 members (excludes halogenated alkanes) is 10. The van der Waals surface area contributed by atoms with Crippen LogP contribution < -0.4 is 0 Å². The van der Waals surface area contributed by atoms with Crippen LogP contribution in [-0.4, -0.2) is 72.2 Å². The minimum Gasteiger partial charge on any atom is -0.392 e. The summed E-state index contributed by atoms with van der Waals surface area (Å²) in [4.78, 5) is 1.97. The molecule has 0 heterocycles. The molecule has 0 amide bonds. The van der Waals surface area contributed by atoms with Crippen LogP contribution >= 0.6 is 0 Å². The third-order valence-electron chi connectivity index (χ3n) is 6.84. The van der Waals surface area contributed by atoms with Crippen molar-refractivity contribution in [3.63, 3.8) is 0 Å². The van der Waals surface area contributed by atoms with Crippen molar-refractivity contribution < 1.29 is 24.4 Å². The normalized spacial score (nSPS) is 14.9. The molecule has 39 heavy (non-hydrogen) atoms. The summed E-state index contributed by atoms with van der Waals surface area (Å²) in [5, 5.41) is 20.7. The number of allylic oxidation sites excluding steroid dienone is 2. The predicted octanol–water partition coefficient (Wildman–Crippen LogP) is 8.00. The lowest BCUT2D eigenvalue weighted by Gasteiger charge is -2.48. The van der Waals surface area contributed by atoms with Crippen molar-refractivity contribution in [2.75, 3.05) is 32.9 Å². The van der Waals surface area contributed by atoms with E-state index < -0.39 is 18.1 Å². The topological polar surface area (TPSA) is 71.4 Å². The monoisotopic (exact) mass is 558 g/mol. The molecular weight excluding hydrogens is 490 g/mol. The van der Waals surface area contributed by atoms with Crippen molar-refractivity contribution in [1.29, 1.82) is 0 Å². The second kappa shape index (κ2) is 26.4. The summed E-state index contributed by atoms with van der Waals surface area (Å²) in [5.41, 5.74) is 0. The number of hydrogen-bond donors (Lipinski definition) is 2. The van der Waals surface area contributed by atoms with Gasteiger partial charge in [0, 0.05) is 19.7 Å². The molecular formula is C33H67NO5. The van der Waals surface area contributed by atoms with E-state index in [1.165, 1.54) is 57.8 Å². The highest BCUT2D eigenvalue weighted by Crippen LogP contribution is 2.31. The zero-order valence-electron chi connectivity index (χ0n) is 26.8. The number of ether oxygens (including phenoxy) is 3. The lowest BCUT2D eigenvalue weighted by molar-refractivity contribution is -0.367. The van der Waals surface area contributed by atoms with Gasteiger partial charge in [-0.1, -0.05) is 91.2 Å². The number of hydrogen-bond acceptors (Lipinski definition) is 6. The summed E-state index contributed by atoms with van der Waals surface area (Å²) in [5.74, 6) is -1.13. The molecule has 3 atom stereocenters. The second-order valence-corrected chi connectivity index (χ2v) is 11.3. The van der Waals surface area contributed by atoms with Crippen LogP contribution in [0.4, 0.5) is 0 Å². The first-order valence-electron chi connectivity index (χ1n) is 16.5. The third-order valence-corrected chi connectivity index (χ3v) is 6.84. The molecule has 0 fully saturated rings. The Balaban J connectivity index is 5.10. The second-order valence-electron chi connectivity index (χ2n) is 11.3. The molecule has 0 radical (unpaired) electrons.